The molecule has 0 spiro atoms. The summed E-state index contributed by atoms with van der Waals surface area (Å²) in [7, 11) is 1.66. The van der Waals surface area contributed by atoms with Gasteiger partial charge in [-0.15, -0.1) is 0 Å². The van der Waals surface area contributed by atoms with Gasteiger partial charge >= 0.3 is 0 Å². The van der Waals surface area contributed by atoms with Gasteiger partial charge in [-0.25, -0.2) is 4.99 Å². The van der Waals surface area contributed by atoms with Gasteiger partial charge in [0.15, 0.2) is 5.17 Å². The number of aryl methyl sites for hydroxylation is 1. The number of rotatable bonds is 5. The van der Waals surface area contributed by atoms with Crippen LogP contribution < -0.4 is 4.74 Å². The molecule has 0 N–H and O–H groups in total. The van der Waals surface area contributed by atoms with Crippen molar-refractivity contribution in [1.82, 2.24) is 4.90 Å². The van der Waals surface area contributed by atoms with Crippen molar-refractivity contribution >= 4 is 45.4 Å². The summed E-state index contributed by atoms with van der Waals surface area (Å²) < 4.78 is 5.60. The van der Waals surface area contributed by atoms with E-state index in [1.54, 1.807) is 12.0 Å². The van der Waals surface area contributed by atoms with E-state index < -0.39 is 0 Å². The molecule has 0 saturated carbocycles. The fourth-order valence-electron chi connectivity index (χ4n) is 3.63. The molecule has 1 aliphatic rings. The summed E-state index contributed by atoms with van der Waals surface area (Å²) in [4.78, 5) is 20.4. The number of aliphatic imine (C=N–C) groups is 1. The maximum atomic E-state index is 13.1. The normalized spacial score (nSPS) is 16.8. The number of ether oxygens (including phenoxy) is 1. The molecule has 0 bridgehead atoms. The number of amidine groups is 1. The highest BCUT2D eigenvalue weighted by molar-refractivity contribution is 8.18. The van der Waals surface area contributed by atoms with Gasteiger partial charge in [0.25, 0.3) is 5.91 Å². The Labute approximate surface area is 181 Å². The van der Waals surface area contributed by atoms with Gasteiger partial charge < -0.3 is 4.74 Å². The Morgan fingerprint density at radius 3 is 2.57 bits per heavy atom. The fraction of sp³-hybridized carbons (Fsp3) is 0.200. The standard InChI is InChI=1S/C25H24N2O2S/c1-4-17-10-7-9-13-21(17)26-25-27(5-2)24(28)23(30-25)16-20-19-12-8-6-11-18(19)14-15-22(20)29-3/h6-16H,4-5H2,1-3H3/b23-16+,26-25?. The molecule has 0 unspecified atom stereocenters. The summed E-state index contributed by atoms with van der Waals surface area (Å²) >= 11 is 1.42. The number of carbonyl (C=O) groups is 1. The van der Waals surface area contributed by atoms with Crippen molar-refractivity contribution in [1.29, 1.82) is 0 Å². The van der Waals surface area contributed by atoms with Crippen LogP contribution >= 0.6 is 11.8 Å². The Balaban J connectivity index is 1.80. The van der Waals surface area contributed by atoms with Gasteiger partial charge in [0.05, 0.1) is 17.7 Å². The maximum absolute atomic E-state index is 13.1. The molecule has 0 aromatic heterocycles. The lowest BCUT2D eigenvalue weighted by molar-refractivity contribution is -0.122. The largest absolute Gasteiger partial charge is 0.496 e. The van der Waals surface area contributed by atoms with Crippen LogP contribution in [-0.2, 0) is 11.2 Å². The third kappa shape index (κ3) is 3.73. The van der Waals surface area contributed by atoms with Crippen LogP contribution in [-0.4, -0.2) is 29.6 Å². The van der Waals surface area contributed by atoms with Crippen molar-refractivity contribution in [3.63, 3.8) is 0 Å². The Bertz CT molecular complexity index is 1170. The van der Waals surface area contributed by atoms with E-state index in [0.717, 1.165) is 34.2 Å². The van der Waals surface area contributed by atoms with E-state index in [-0.39, 0.29) is 5.91 Å². The molecule has 1 fully saturated rings. The van der Waals surface area contributed by atoms with Gasteiger partial charge in [-0.3, -0.25) is 9.69 Å². The Morgan fingerprint density at radius 2 is 1.80 bits per heavy atom. The maximum Gasteiger partial charge on any atom is 0.266 e. The lowest BCUT2D eigenvalue weighted by Crippen LogP contribution is -2.28. The summed E-state index contributed by atoms with van der Waals surface area (Å²) in [6.45, 7) is 4.66. The smallest absolute Gasteiger partial charge is 0.266 e. The van der Waals surface area contributed by atoms with Gasteiger partial charge in [0.2, 0.25) is 0 Å². The zero-order valence-electron chi connectivity index (χ0n) is 17.4. The zero-order valence-corrected chi connectivity index (χ0v) is 18.2. The number of carbonyl (C=O) groups excluding carboxylic acids is 1. The number of hydrogen-bond acceptors (Lipinski definition) is 4. The summed E-state index contributed by atoms with van der Waals surface area (Å²) in [5, 5.41) is 2.88. The molecule has 0 atom stereocenters. The Kier molecular flexibility index (Phi) is 5.91. The van der Waals surface area contributed by atoms with E-state index in [9.17, 15) is 4.79 Å². The predicted octanol–water partition coefficient (Wildman–Crippen LogP) is 6.03. The van der Waals surface area contributed by atoms with Crippen molar-refractivity contribution < 1.29 is 9.53 Å². The molecule has 4 nitrogen and oxygen atoms in total. The molecular weight excluding hydrogens is 392 g/mol. The molecule has 1 saturated heterocycles. The number of fused-ring (bicyclic) bond motifs is 1. The Morgan fingerprint density at radius 1 is 1.03 bits per heavy atom. The first kappa shape index (κ1) is 20.2. The van der Waals surface area contributed by atoms with Crippen molar-refractivity contribution in [3.8, 4) is 5.75 Å². The van der Waals surface area contributed by atoms with Crippen LogP contribution in [0.5, 0.6) is 5.75 Å². The number of likely N-dealkylation sites (N-methyl/N-ethyl adjacent to an activating group) is 1. The molecular formula is C25H24N2O2S. The molecule has 5 heteroatoms. The van der Waals surface area contributed by atoms with E-state index in [1.807, 2.05) is 55.5 Å². The highest BCUT2D eigenvalue weighted by Gasteiger charge is 2.32. The second-order valence-electron chi connectivity index (χ2n) is 6.94. The molecule has 1 aliphatic heterocycles. The van der Waals surface area contributed by atoms with Crippen LogP contribution in [0.4, 0.5) is 5.69 Å². The van der Waals surface area contributed by atoms with Crippen molar-refractivity contribution in [2.75, 3.05) is 13.7 Å². The van der Waals surface area contributed by atoms with E-state index in [1.165, 1.54) is 17.3 Å². The Hall–Kier alpha value is -3.05. The lowest BCUT2D eigenvalue weighted by Gasteiger charge is -2.13. The summed E-state index contributed by atoms with van der Waals surface area (Å²) in [5.41, 5.74) is 3.00. The van der Waals surface area contributed by atoms with E-state index >= 15 is 0 Å². The van der Waals surface area contributed by atoms with Crippen molar-refractivity contribution in [2.45, 2.75) is 20.3 Å². The summed E-state index contributed by atoms with van der Waals surface area (Å²) in [6.07, 6.45) is 2.83. The molecule has 152 valence electrons. The number of nitrogens with zero attached hydrogens (tertiary/aromatic N) is 2. The number of amides is 1. The molecule has 0 aliphatic carbocycles. The van der Waals surface area contributed by atoms with E-state index in [4.69, 9.17) is 9.73 Å². The van der Waals surface area contributed by atoms with Crippen molar-refractivity contribution in [3.05, 3.63) is 76.7 Å². The van der Waals surface area contributed by atoms with Crippen LogP contribution in [0.2, 0.25) is 0 Å². The summed E-state index contributed by atoms with van der Waals surface area (Å²) in [5.74, 6) is 0.726. The predicted molar refractivity (Wildman–Crippen MR) is 126 cm³/mol. The average Bonchev–Trinajstić information content (AvgIpc) is 3.08. The number of hydrogen-bond donors (Lipinski definition) is 0. The van der Waals surface area contributed by atoms with Crippen LogP contribution in [0.15, 0.2) is 70.6 Å². The fourth-order valence-corrected chi connectivity index (χ4v) is 4.66. The highest BCUT2D eigenvalue weighted by Crippen LogP contribution is 2.38. The number of methoxy groups -OCH3 is 1. The zero-order chi connectivity index (χ0) is 21.1. The molecule has 1 heterocycles. The molecule has 0 radical (unpaired) electrons. The van der Waals surface area contributed by atoms with Gasteiger partial charge in [0.1, 0.15) is 5.75 Å². The minimum atomic E-state index is -0.0229. The number of para-hydroxylation sites is 1. The van der Waals surface area contributed by atoms with Crippen LogP contribution in [0.25, 0.3) is 16.8 Å². The second kappa shape index (κ2) is 8.76. The minimum absolute atomic E-state index is 0.0229. The molecule has 4 rings (SSSR count). The second-order valence-corrected chi connectivity index (χ2v) is 7.95. The first-order valence-corrected chi connectivity index (χ1v) is 10.9. The first-order chi connectivity index (χ1) is 14.7. The van der Waals surface area contributed by atoms with E-state index in [2.05, 4.69) is 25.1 Å². The third-order valence-corrected chi connectivity index (χ3v) is 6.23. The van der Waals surface area contributed by atoms with Crippen LogP contribution in [0.1, 0.15) is 25.0 Å². The average molecular weight is 417 g/mol. The molecule has 3 aromatic rings. The SMILES string of the molecule is CCc1ccccc1N=C1S/C(=C/c2c(OC)ccc3ccccc23)C(=O)N1CC. The van der Waals surface area contributed by atoms with E-state index in [0.29, 0.717) is 16.6 Å². The molecule has 30 heavy (non-hydrogen) atoms. The number of thioether (sulfide) groups is 1. The first-order valence-electron chi connectivity index (χ1n) is 10.1. The highest BCUT2D eigenvalue weighted by atomic mass is 32.2. The molecule has 1 amide bonds. The van der Waals surface area contributed by atoms with Gasteiger partial charge in [-0.1, -0.05) is 55.5 Å². The quantitative estimate of drug-likeness (QED) is 0.477. The number of benzene rings is 3. The third-order valence-electron chi connectivity index (χ3n) is 5.22. The van der Waals surface area contributed by atoms with Gasteiger partial charge in [0, 0.05) is 12.1 Å². The molecule has 3 aromatic carbocycles. The van der Waals surface area contributed by atoms with Crippen LogP contribution in [0.3, 0.4) is 0 Å². The minimum Gasteiger partial charge on any atom is -0.496 e. The van der Waals surface area contributed by atoms with Crippen molar-refractivity contribution in [2.24, 2.45) is 4.99 Å². The van der Waals surface area contributed by atoms with Gasteiger partial charge in [-0.2, -0.15) is 0 Å². The summed E-state index contributed by atoms with van der Waals surface area (Å²) in [6, 6.07) is 20.2. The van der Waals surface area contributed by atoms with Crippen LogP contribution in [0, 0.1) is 0 Å². The van der Waals surface area contributed by atoms with Gasteiger partial charge in [-0.05, 0) is 59.7 Å². The lowest BCUT2D eigenvalue weighted by atomic mass is 10.0. The topological polar surface area (TPSA) is 41.9 Å². The monoisotopic (exact) mass is 416 g/mol.